The van der Waals surface area contributed by atoms with Gasteiger partial charge in [-0.3, -0.25) is 9.48 Å². The van der Waals surface area contributed by atoms with Crippen molar-refractivity contribution in [2.24, 2.45) is 7.05 Å². The maximum atomic E-state index is 12.2. The number of hydrogen-bond acceptors (Lipinski definition) is 5. The topological polar surface area (TPSA) is 63.1 Å². The third-order valence-corrected chi connectivity index (χ3v) is 4.62. The molecule has 1 fully saturated rings. The van der Waals surface area contributed by atoms with Crippen LogP contribution in [0.4, 0.5) is 5.13 Å². The number of anilines is 1. The molecule has 1 aliphatic heterocycles. The number of nitrogens with zero attached hydrogens (tertiary/aromatic N) is 4. The van der Waals surface area contributed by atoms with Crippen LogP contribution in [0.2, 0.25) is 0 Å². The second kappa shape index (κ2) is 5.85. The van der Waals surface area contributed by atoms with Crippen molar-refractivity contribution in [3.8, 4) is 0 Å². The Morgan fingerprint density at radius 3 is 3.05 bits per heavy atom. The average Bonchev–Trinajstić information content (AvgIpc) is 3.08. The Hall–Kier alpha value is -1.89. The molecule has 0 spiro atoms. The van der Waals surface area contributed by atoms with Gasteiger partial charge in [0.2, 0.25) is 0 Å². The molecule has 112 valence electrons. The third kappa shape index (κ3) is 3.24. The molecule has 1 saturated heterocycles. The Morgan fingerprint density at radius 1 is 1.52 bits per heavy atom. The van der Waals surface area contributed by atoms with E-state index in [1.54, 1.807) is 28.4 Å². The molecule has 21 heavy (non-hydrogen) atoms. The highest BCUT2D eigenvalue weighted by Crippen LogP contribution is 2.23. The Kier molecular flexibility index (Phi) is 3.92. The molecular weight excluding hydrogens is 286 g/mol. The SMILES string of the molecule is Cc1csc(N2CCCC(NC(=O)c3cnn(C)c3)C2)n1. The highest BCUT2D eigenvalue weighted by Gasteiger charge is 2.23. The van der Waals surface area contributed by atoms with Crippen LogP contribution in [0.5, 0.6) is 0 Å². The fourth-order valence-corrected chi connectivity index (χ4v) is 3.40. The number of thiazole rings is 1. The molecule has 6 nitrogen and oxygen atoms in total. The molecular formula is C14H19N5OS. The molecule has 2 aromatic heterocycles. The summed E-state index contributed by atoms with van der Waals surface area (Å²) >= 11 is 1.67. The van der Waals surface area contributed by atoms with Crippen LogP contribution in [-0.2, 0) is 7.05 Å². The Balaban J connectivity index is 1.62. The van der Waals surface area contributed by atoms with Gasteiger partial charge in [0.25, 0.3) is 5.91 Å². The van der Waals surface area contributed by atoms with E-state index in [0.717, 1.165) is 36.8 Å². The number of carbonyl (C=O) groups excluding carboxylic acids is 1. The molecule has 1 atom stereocenters. The predicted molar refractivity (Wildman–Crippen MR) is 82.8 cm³/mol. The Labute approximate surface area is 127 Å². The van der Waals surface area contributed by atoms with Gasteiger partial charge in [0, 0.05) is 37.8 Å². The van der Waals surface area contributed by atoms with E-state index in [1.165, 1.54) is 0 Å². The number of rotatable bonds is 3. The summed E-state index contributed by atoms with van der Waals surface area (Å²) in [6.07, 6.45) is 5.41. The number of nitrogens with one attached hydrogen (secondary N) is 1. The van der Waals surface area contributed by atoms with Crippen LogP contribution in [0, 0.1) is 6.92 Å². The predicted octanol–water partition coefficient (Wildman–Crippen LogP) is 1.58. The molecule has 1 amide bonds. The molecule has 7 heteroatoms. The average molecular weight is 305 g/mol. The molecule has 3 heterocycles. The van der Waals surface area contributed by atoms with Crippen LogP contribution in [-0.4, -0.2) is 39.8 Å². The third-order valence-electron chi connectivity index (χ3n) is 3.60. The van der Waals surface area contributed by atoms with E-state index >= 15 is 0 Å². The summed E-state index contributed by atoms with van der Waals surface area (Å²) in [5.41, 5.74) is 1.66. The number of hydrogen-bond donors (Lipinski definition) is 1. The second-order valence-electron chi connectivity index (χ2n) is 5.43. The molecule has 1 unspecified atom stereocenters. The summed E-state index contributed by atoms with van der Waals surface area (Å²) in [5, 5.41) is 10.2. The van der Waals surface area contributed by atoms with Gasteiger partial charge in [0.15, 0.2) is 5.13 Å². The highest BCUT2D eigenvalue weighted by molar-refractivity contribution is 7.13. The second-order valence-corrected chi connectivity index (χ2v) is 6.27. The number of aromatic nitrogens is 3. The molecule has 2 aromatic rings. The van der Waals surface area contributed by atoms with Crippen LogP contribution >= 0.6 is 11.3 Å². The van der Waals surface area contributed by atoms with Gasteiger partial charge >= 0.3 is 0 Å². The largest absolute Gasteiger partial charge is 0.347 e. The van der Waals surface area contributed by atoms with Crippen molar-refractivity contribution in [3.05, 3.63) is 29.0 Å². The minimum atomic E-state index is -0.0507. The maximum absolute atomic E-state index is 12.2. The van der Waals surface area contributed by atoms with Gasteiger partial charge < -0.3 is 10.2 Å². The van der Waals surface area contributed by atoms with E-state index < -0.39 is 0 Å². The van der Waals surface area contributed by atoms with Crippen molar-refractivity contribution >= 4 is 22.4 Å². The minimum absolute atomic E-state index is 0.0507. The molecule has 1 N–H and O–H groups in total. The molecule has 3 rings (SSSR count). The first-order chi connectivity index (χ1) is 10.1. The minimum Gasteiger partial charge on any atom is -0.347 e. The van der Waals surface area contributed by atoms with Gasteiger partial charge in [-0.25, -0.2) is 4.98 Å². The Morgan fingerprint density at radius 2 is 2.38 bits per heavy atom. The molecule has 0 bridgehead atoms. The number of aryl methyl sites for hydroxylation is 2. The van der Waals surface area contributed by atoms with Crippen LogP contribution < -0.4 is 10.2 Å². The van der Waals surface area contributed by atoms with E-state index in [9.17, 15) is 4.79 Å². The van der Waals surface area contributed by atoms with E-state index in [-0.39, 0.29) is 11.9 Å². The first kappa shape index (κ1) is 14.1. The summed E-state index contributed by atoms with van der Waals surface area (Å²) < 4.78 is 1.64. The van der Waals surface area contributed by atoms with Crippen LogP contribution in [0.25, 0.3) is 0 Å². The van der Waals surface area contributed by atoms with Crippen LogP contribution in [0.1, 0.15) is 28.9 Å². The summed E-state index contributed by atoms with van der Waals surface area (Å²) in [6.45, 7) is 3.83. The molecule has 0 aliphatic carbocycles. The monoisotopic (exact) mass is 305 g/mol. The van der Waals surface area contributed by atoms with Gasteiger partial charge in [-0.1, -0.05) is 0 Å². The smallest absolute Gasteiger partial charge is 0.254 e. The number of amides is 1. The first-order valence-electron chi connectivity index (χ1n) is 7.08. The van der Waals surface area contributed by atoms with Crippen molar-refractivity contribution in [1.29, 1.82) is 0 Å². The Bertz CT molecular complexity index is 635. The zero-order valence-electron chi connectivity index (χ0n) is 12.2. The van der Waals surface area contributed by atoms with Crippen molar-refractivity contribution in [2.45, 2.75) is 25.8 Å². The lowest BCUT2D eigenvalue weighted by Crippen LogP contribution is -2.47. The maximum Gasteiger partial charge on any atom is 0.254 e. The van der Waals surface area contributed by atoms with Crippen LogP contribution in [0.15, 0.2) is 17.8 Å². The number of carbonyl (C=O) groups is 1. The lowest BCUT2D eigenvalue weighted by molar-refractivity contribution is 0.0933. The van der Waals surface area contributed by atoms with Crippen LogP contribution in [0.3, 0.4) is 0 Å². The van der Waals surface area contributed by atoms with Gasteiger partial charge in [-0.15, -0.1) is 11.3 Å². The van der Waals surface area contributed by atoms with Gasteiger partial charge in [0.1, 0.15) is 0 Å². The summed E-state index contributed by atoms with van der Waals surface area (Å²) in [5.74, 6) is -0.0507. The first-order valence-corrected chi connectivity index (χ1v) is 7.96. The van der Waals surface area contributed by atoms with Gasteiger partial charge in [-0.05, 0) is 19.8 Å². The fourth-order valence-electron chi connectivity index (χ4n) is 2.56. The van der Waals surface area contributed by atoms with Gasteiger partial charge in [0.05, 0.1) is 17.5 Å². The molecule has 0 saturated carbocycles. The molecule has 1 aliphatic rings. The van der Waals surface area contributed by atoms with E-state index in [1.807, 2.05) is 14.0 Å². The van der Waals surface area contributed by atoms with Crippen molar-refractivity contribution in [3.63, 3.8) is 0 Å². The van der Waals surface area contributed by atoms with E-state index in [4.69, 9.17) is 0 Å². The van der Waals surface area contributed by atoms with Crippen molar-refractivity contribution < 1.29 is 4.79 Å². The molecule has 0 radical (unpaired) electrons. The standard InChI is InChI=1S/C14H19N5OS/c1-10-9-21-14(16-10)19-5-3-4-12(8-19)17-13(20)11-6-15-18(2)7-11/h6-7,9,12H,3-5,8H2,1-2H3,(H,17,20). The highest BCUT2D eigenvalue weighted by atomic mass is 32.1. The zero-order valence-corrected chi connectivity index (χ0v) is 13.1. The lowest BCUT2D eigenvalue weighted by Gasteiger charge is -2.32. The van der Waals surface area contributed by atoms with E-state index in [2.05, 4.69) is 25.7 Å². The normalized spacial score (nSPS) is 18.8. The zero-order chi connectivity index (χ0) is 14.8. The molecule has 0 aromatic carbocycles. The number of piperidine rings is 1. The van der Waals surface area contributed by atoms with Gasteiger partial charge in [-0.2, -0.15) is 5.10 Å². The summed E-state index contributed by atoms with van der Waals surface area (Å²) in [4.78, 5) is 19.0. The summed E-state index contributed by atoms with van der Waals surface area (Å²) in [6, 6.07) is 0.163. The van der Waals surface area contributed by atoms with E-state index in [0.29, 0.717) is 5.56 Å². The lowest BCUT2D eigenvalue weighted by atomic mass is 10.1. The summed E-state index contributed by atoms with van der Waals surface area (Å²) in [7, 11) is 1.81. The quantitative estimate of drug-likeness (QED) is 0.935. The van der Waals surface area contributed by atoms with Crippen molar-refractivity contribution in [2.75, 3.05) is 18.0 Å². The van der Waals surface area contributed by atoms with Crippen molar-refractivity contribution in [1.82, 2.24) is 20.1 Å². The fraction of sp³-hybridized carbons (Fsp3) is 0.500.